The second kappa shape index (κ2) is 11.3. The summed E-state index contributed by atoms with van der Waals surface area (Å²) in [6.07, 6.45) is 6.03. The van der Waals surface area contributed by atoms with Gasteiger partial charge in [-0.1, -0.05) is 78.9 Å². The lowest BCUT2D eigenvalue weighted by Crippen LogP contribution is -2.05. The molecule has 0 spiro atoms. The van der Waals surface area contributed by atoms with Gasteiger partial charge in [-0.2, -0.15) is 0 Å². The zero-order valence-electron chi connectivity index (χ0n) is 22.9. The number of anilines is 2. The summed E-state index contributed by atoms with van der Waals surface area (Å²) in [6.45, 7) is 6.25. The molecule has 0 aliphatic carbocycles. The summed E-state index contributed by atoms with van der Waals surface area (Å²) in [4.78, 5) is 9.75. The number of benzene rings is 4. The molecular weight excluding hydrogens is 476 g/mol. The number of unbranched alkanes of at least 4 members (excludes halogenated alkanes) is 4. The van der Waals surface area contributed by atoms with Crippen LogP contribution < -0.4 is 10.6 Å². The van der Waals surface area contributed by atoms with E-state index in [2.05, 4.69) is 109 Å². The zero-order chi connectivity index (χ0) is 26.6. The molecule has 0 saturated carbocycles. The highest BCUT2D eigenvalue weighted by Gasteiger charge is 2.10. The number of pyridine rings is 2. The Balaban J connectivity index is 1.02. The number of aromatic nitrogens is 2. The van der Waals surface area contributed by atoms with E-state index in [1.807, 2.05) is 0 Å². The largest absolute Gasteiger partial charge is 0.384 e. The SMILES string of the molecule is Cc1ccc2nc3ccccc3c(NCCCCCCCNc3c4ccccc4nc4ccc(C)cc34)c2c1. The normalized spacial score (nSPS) is 11.5. The molecule has 0 amide bonds. The smallest absolute Gasteiger partial charge is 0.0730 e. The number of nitrogens with one attached hydrogen (secondary N) is 2. The van der Waals surface area contributed by atoms with E-state index in [9.17, 15) is 0 Å². The fraction of sp³-hybridized carbons (Fsp3) is 0.257. The van der Waals surface area contributed by atoms with Crippen molar-refractivity contribution in [2.24, 2.45) is 0 Å². The van der Waals surface area contributed by atoms with Crippen LogP contribution in [0.5, 0.6) is 0 Å². The highest BCUT2D eigenvalue weighted by Crippen LogP contribution is 2.32. The maximum absolute atomic E-state index is 4.88. The number of para-hydroxylation sites is 2. The van der Waals surface area contributed by atoms with Gasteiger partial charge in [-0.15, -0.1) is 0 Å². The van der Waals surface area contributed by atoms with Crippen LogP contribution in [0.15, 0.2) is 84.9 Å². The highest BCUT2D eigenvalue weighted by molar-refractivity contribution is 6.08. The highest BCUT2D eigenvalue weighted by atomic mass is 14.9. The van der Waals surface area contributed by atoms with E-state index >= 15 is 0 Å². The molecule has 0 unspecified atom stereocenters. The summed E-state index contributed by atoms with van der Waals surface area (Å²) in [7, 11) is 0. The van der Waals surface area contributed by atoms with Crippen molar-refractivity contribution in [2.45, 2.75) is 46.0 Å². The Bertz CT molecular complexity index is 1640. The van der Waals surface area contributed by atoms with Crippen molar-refractivity contribution >= 4 is 55.0 Å². The van der Waals surface area contributed by atoms with E-state index < -0.39 is 0 Å². The fourth-order valence-electron chi connectivity index (χ4n) is 5.60. The number of aryl methyl sites for hydroxylation is 2. The lowest BCUT2D eigenvalue weighted by atomic mass is 10.0. The van der Waals surface area contributed by atoms with Gasteiger partial charge < -0.3 is 10.6 Å². The predicted octanol–water partition coefficient (Wildman–Crippen LogP) is 9.18. The predicted molar refractivity (Wildman–Crippen MR) is 168 cm³/mol. The third-order valence-corrected chi connectivity index (χ3v) is 7.63. The van der Waals surface area contributed by atoms with Crippen LogP contribution in [-0.4, -0.2) is 23.1 Å². The molecule has 6 aromatic rings. The van der Waals surface area contributed by atoms with Crippen molar-refractivity contribution in [3.8, 4) is 0 Å². The van der Waals surface area contributed by atoms with Crippen LogP contribution >= 0.6 is 0 Å². The summed E-state index contributed by atoms with van der Waals surface area (Å²) < 4.78 is 0. The standard InChI is InChI=1S/C35H36N4/c1-24-16-18-32-28(22-24)34(26-12-6-8-14-30(26)38-32)36-20-10-4-3-5-11-21-37-35-27-13-7-9-15-31(27)39-33-19-17-25(2)23-29(33)35/h6-9,12-19,22-23H,3-5,10-11,20-21H2,1-2H3,(H,36,38)(H,37,39). The van der Waals surface area contributed by atoms with E-state index in [-0.39, 0.29) is 0 Å². The molecule has 6 rings (SSSR count). The molecule has 0 aliphatic rings. The molecule has 196 valence electrons. The minimum absolute atomic E-state index is 0.976. The Morgan fingerprint density at radius 3 is 1.36 bits per heavy atom. The van der Waals surface area contributed by atoms with Crippen molar-refractivity contribution in [3.05, 3.63) is 96.1 Å². The topological polar surface area (TPSA) is 49.8 Å². The fourth-order valence-corrected chi connectivity index (χ4v) is 5.60. The van der Waals surface area contributed by atoms with Gasteiger partial charge >= 0.3 is 0 Å². The minimum atomic E-state index is 0.976. The molecular formula is C35H36N4. The third kappa shape index (κ3) is 5.37. The van der Waals surface area contributed by atoms with Crippen LogP contribution in [0, 0.1) is 13.8 Å². The first-order valence-corrected chi connectivity index (χ1v) is 14.2. The van der Waals surface area contributed by atoms with E-state index in [1.54, 1.807) is 0 Å². The Morgan fingerprint density at radius 1 is 0.462 bits per heavy atom. The lowest BCUT2D eigenvalue weighted by molar-refractivity contribution is 0.636. The number of rotatable bonds is 10. The Hall–Kier alpha value is -4.18. The molecule has 4 aromatic carbocycles. The van der Waals surface area contributed by atoms with Crippen molar-refractivity contribution in [2.75, 3.05) is 23.7 Å². The van der Waals surface area contributed by atoms with Crippen LogP contribution in [0.3, 0.4) is 0 Å². The molecule has 2 aromatic heterocycles. The molecule has 4 nitrogen and oxygen atoms in total. The van der Waals surface area contributed by atoms with Crippen molar-refractivity contribution in [3.63, 3.8) is 0 Å². The van der Waals surface area contributed by atoms with Gasteiger partial charge in [-0.25, -0.2) is 9.97 Å². The van der Waals surface area contributed by atoms with Crippen LogP contribution in [-0.2, 0) is 0 Å². The van der Waals surface area contributed by atoms with E-state index in [0.29, 0.717) is 0 Å². The van der Waals surface area contributed by atoms with Gasteiger partial charge in [-0.05, 0) is 63.1 Å². The van der Waals surface area contributed by atoms with E-state index in [0.717, 1.165) is 48.0 Å². The molecule has 39 heavy (non-hydrogen) atoms. The molecule has 4 heteroatoms. The minimum Gasteiger partial charge on any atom is -0.384 e. The number of nitrogens with zero attached hydrogens (tertiary/aromatic N) is 2. The third-order valence-electron chi connectivity index (χ3n) is 7.63. The Morgan fingerprint density at radius 2 is 0.872 bits per heavy atom. The molecule has 0 fully saturated rings. The van der Waals surface area contributed by atoms with Gasteiger partial charge in [0.25, 0.3) is 0 Å². The monoisotopic (exact) mass is 512 g/mol. The zero-order valence-corrected chi connectivity index (χ0v) is 22.9. The maximum atomic E-state index is 4.88. The second-order valence-corrected chi connectivity index (χ2v) is 10.7. The van der Waals surface area contributed by atoms with Crippen LogP contribution in [0.25, 0.3) is 43.6 Å². The average molecular weight is 513 g/mol. The average Bonchev–Trinajstić information content (AvgIpc) is 2.95. The van der Waals surface area contributed by atoms with Crippen molar-refractivity contribution in [1.29, 1.82) is 0 Å². The summed E-state index contributed by atoms with van der Waals surface area (Å²) in [5.74, 6) is 0. The molecule has 2 heterocycles. The quantitative estimate of drug-likeness (QED) is 0.142. The number of fused-ring (bicyclic) bond motifs is 4. The molecule has 0 saturated heterocycles. The van der Waals surface area contributed by atoms with E-state index in [1.165, 1.54) is 63.3 Å². The van der Waals surface area contributed by atoms with Crippen LogP contribution in [0.2, 0.25) is 0 Å². The van der Waals surface area contributed by atoms with Gasteiger partial charge in [0.15, 0.2) is 0 Å². The van der Waals surface area contributed by atoms with Gasteiger partial charge in [0.05, 0.1) is 33.4 Å². The van der Waals surface area contributed by atoms with Crippen LogP contribution in [0.4, 0.5) is 11.4 Å². The second-order valence-electron chi connectivity index (χ2n) is 10.7. The van der Waals surface area contributed by atoms with E-state index in [4.69, 9.17) is 9.97 Å². The molecule has 0 bridgehead atoms. The first-order valence-electron chi connectivity index (χ1n) is 14.2. The van der Waals surface area contributed by atoms with Crippen molar-refractivity contribution in [1.82, 2.24) is 9.97 Å². The Kier molecular flexibility index (Phi) is 7.27. The molecule has 0 radical (unpaired) electrons. The summed E-state index contributed by atoms with van der Waals surface area (Å²) >= 11 is 0. The van der Waals surface area contributed by atoms with Crippen molar-refractivity contribution < 1.29 is 0 Å². The maximum Gasteiger partial charge on any atom is 0.0730 e. The molecule has 0 atom stereocenters. The number of hydrogen-bond acceptors (Lipinski definition) is 4. The Labute approximate surface area is 230 Å². The summed E-state index contributed by atoms with van der Waals surface area (Å²) in [6, 6.07) is 29.9. The van der Waals surface area contributed by atoms with Gasteiger partial charge in [0.2, 0.25) is 0 Å². The molecule has 0 aliphatic heterocycles. The van der Waals surface area contributed by atoms with Gasteiger partial charge in [0.1, 0.15) is 0 Å². The van der Waals surface area contributed by atoms with Crippen LogP contribution in [0.1, 0.15) is 43.2 Å². The summed E-state index contributed by atoms with van der Waals surface area (Å²) in [5.41, 5.74) is 9.17. The number of hydrogen-bond donors (Lipinski definition) is 2. The van der Waals surface area contributed by atoms with Gasteiger partial charge in [0, 0.05) is 34.6 Å². The van der Waals surface area contributed by atoms with Gasteiger partial charge in [-0.3, -0.25) is 0 Å². The summed E-state index contributed by atoms with van der Waals surface area (Å²) in [5, 5.41) is 12.4. The molecule has 2 N–H and O–H groups in total. The lowest BCUT2D eigenvalue weighted by Gasteiger charge is -2.14. The first-order chi connectivity index (χ1) is 19.2. The first kappa shape index (κ1) is 25.1.